The zero-order valence-electron chi connectivity index (χ0n) is 18.8. The van der Waals surface area contributed by atoms with Crippen LogP contribution in [0.15, 0.2) is 77.9 Å². The lowest BCUT2D eigenvalue weighted by atomic mass is 10.1. The van der Waals surface area contributed by atoms with Gasteiger partial charge in [-0.05, 0) is 48.9 Å². The van der Waals surface area contributed by atoms with Gasteiger partial charge in [-0.15, -0.1) is 0 Å². The van der Waals surface area contributed by atoms with E-state index in [0.29, 0.717) is 22.5 Å². The Morgan fingerprint density at radius 1 is 0.943 bits per heavy atom. The number of halogens is 2. The molecule has 0 aromatic heterocycles. The Balaban J connectivity index is 1.71. The normalized spacial score (nSPS) is 11.6. The van der Waals surface area contributed by atoms with Gasteiger partial charge < -0.3 is 5.32 Å². The molecule has 0 aliphatic rings. The summed E-state index contributed by atoms with van der Waals surface area (Å²) in [6.07, 6.45) is 0.960. The lowest BCUT2D eigenvalue weighted by Crippen LogP contribution is -2.39. The molecule has 182 valence electrons. The quantitative estimate of drug-likeness (QED) is 0.327. The Kier molecular flexibility index (Phi) is 8.50. The highest BCUT2D eigenvalue weighted by molar-refractivity contribution is 7.92. The number of nitrogens with zero attached hydrogens (tertiary/aromatic N) is 2. The molecule has 11 heteroatoms. The number of carbonyl (C=O) groups excluding carboxylic acids is 2. The first-order chi connectivity index (χ1) is 16.6. The van der Waals surface area contributed by atoms with E-state index < -0.39 is 22.5 Å². The molecule has 0 radical (unpaired) electrons. The Bertz CT molecular complexity index is 1380. The monoisotopic (exact) mass is 532 g/mol. The highest BCUT2D eigenvalue weighted by Crippen LogP contribution is 2.33. The standard InChI is InChI=1S/C24H22Cl2N4O4S/c1-16(18-10-6-11-19(14-18)27-24(32)17-8-4-3-5-9-17)28-29-22(31)15-30(35(2,33)34)21-13-7-12-20(25)23(21)26/h3-14H,15H2,1-2H3,(H,27,32)(H,29,31)/b28-16-. The molecule has 0 saturated carbocycles. The van der Waals surface area contributed by atoms with Gasteiger partial charge in [0, 0.05) is 11.3 Å². The minimum absolute atomic E-state index is 0.0152. The van der Waals surface area contributed by atoms with Gasteiger partial charge in [-0.1, -0.05) is 59.6 Å². The third-order valence-corrected chi connectivity index (χ3v) is 6.75. The Morgan fingerprint density at radius 3 is 2.29 bits per heavy atom. The lowest BCUT2D eigenvalue weighted by Gasteiger charge is -2.22. The van der Waals surface area contributed by atoms with Crippen LogP contribution in [0.25, 0.3) is 0 Å². The van der Waals surface area contributed by atoms with Crippen molar-refractivity contribution >= 4 is 62.1 Å². The summed E-state index contributed by atoms with van der Waals surface area (Å²) >= 11 is 12.1. The summed E-state index contributed by atoms with van der Waals surface area (Å²) < 4.78 is 25.4. The van der Waals surface area contributed by atoms with Crippen LogP contribution in [0.1, 0.15) is 22.8 Å². The van der Waals surface area contributed by atoms with Crippen molar-refractivity contribution in [3.63, 3.8) is 0 Å². The summed E-state index contributed by atoms with van der Waals surface area (Å²) in [6, 6.07) is 20.2. The van der Waals surface area contributed by atoms with E-state index in [-0.39, 0.29) is 21.6 Å². The highest BCUT2D eigenvalue weighted by atomic mass is 35.5. The van der Waals surface area contributed by atoms with E-state index in [9.17, 15) is 18.0 Å². The molecule has 35 heavy (non-hydrogen) atoms. The Hall–Kier alpha value is -3.40. The summed E-state index contributed by atoms with van der Waals surface area (Å²) in [5.41, 5.74) is 4.60. The molecule has 0 bridgehead atoms. The van der Waals surface area contributed by atoms with Crippen LogP contribution in [-0.2, 0) is 14.8 Å². The van der Waals surface area contributed by atoms with Crippen LogP contribution in [0.5, 0.6) is 0 Å². The van der Waals surface area contributed by atoms with Crippen molar-refractivity contribution in [3.8, 4) is 0 Å². The molecule has 3 aromatic rings. The third kappa shape index (κ3) is 7.05. The van der Waals surface area contributed by atoms with E-state index in [2.05, 4.69) is 15.8 Å². The lowest BCUT2D eigenvalue weighted by molar-refractivity contribution is -0.119. The molecule has 0 spiro atoms. The van der Waals surface area contributed by atoms with Crippen molar-refractivity contribution in [2.45, 2.75) is 6.92 Å². The van der Waals surface area contributed by atoms with Crippen LogP contribution in [0, 0.1) is 0 Å². The maximum Gasteiger partial charge on any atom is 0.260 e. The van der Waals surface area contributed by atoms with Crippen LogP contribution >= 0.6 is 23.2 Å². The molecule has 3 rings (SSSR count). The van der Waals surface area contributed by atoms with Gasteiger partial charge in [0.15, 0.2) is 0 Å². The van der Waals surface area contributed by atoms with Crippen LogP contribution in [-0.4, -0.2) is 38.7 Å². The van der Waals surface area contributed by atoms with E-state index in [0.717, 1.165) is 10.6 Å². The maximum absolute atomic E-state index is 12.5. The molecule has 0 saturated heterocycles. The molecule has 0 heterocycles. The van der Waals surface area contributed by atoms with E-state index in [1.54, 1.807) is 55.5 Å². The van der Waals surface area contributed by atoms with Gasteiger partial charge in [-0.2, -0.15) is 5.10 Å². The van der Waals surface area contributed by atoms with E-state index in [4.69, 9.17) is 23.2 Å². The van der Waals surface area contributed by atoms with Gasteiger partial charge in [-0.3, -0.25) is 13.9 Å². The van der Waals surface area contributed by atoms with Gasteiger partial charge >= 0.3 is 0 Å². The molecular formula is C24H22Cl2N4O4S. The number of sulfonamides is 1. The number of hydrogen-bond donors (Lipinski definition) is 2. The van der Waals surface area contributed by atoms with Crippen LogP contribution in [0.4, 0.5) is 11.4 Å². The van der Waals surface area contributed by atoms with Crippen molar-refractivity contribution in [3.05, 3.63) is 94.0 Å². The molecule has 8 nitrogen and oxygen atoms in total. The van der Waals surface area contributed by atoms with Gasteiger partial charge in [0.2, 0.25) is 10.0 Å². The fraction of sp³-hybridized carbons (Fsp3) is 0.125. The van der Waals surface area contributed by atoms with Crippen molar-refractivity contribution in [2.24, 2.45) is 5.10 Å². The van der Waals surface area contributed by atoms with Gasteiger partial charge in [-0.25, -0.2) is 13.8 Å². The number of nitrogens with one attached hydrogen (secondary N) is 2. The Labute approximate surface area is 213 Å². The molecule has 0 aliphatic heterocycles. The summed E-state index contributed by atoms with van der Waals surface area (Å²) in [6.45, 7) is 1.11. The molecule has 2 amide bonds. The van der Waals surface area contributed by atoms with Crippen molar-refractivity contribution < 1.29 is 18.0 Å². The average molecular weight is 533 g/mol. The molecule has 3 aromatic carbocycles. The number of benzene rings is 3. The number of hydrazone groups is 1. The largest absolute Gasteiger partial charge is 0.322 e. The fourth-order valence-electron chi connectivity index (χ4n) is 3.06. The zero-order valence-corrected chi connectivity index (χ0v) is 21.2. The predicted molar refractivity (Wildman–Crippen MR) is 140 cm³/mol. The molecular weight excluding hydrogens is 511 g/mol. The van der Waals surface area contributed by atoms with Gasteiger partial charge in [0.25, 0.3) is 11.8 Å². The van der Waals surface area contributed by atoms with E-state index in [1.165, 1.54) is 18.2 Å². The number of rotatable bonds is 8. The second kappa shape index (κ2) is 11.4. The topological polar surface area (TPSA) is 108 Å². The van der Waals surface area contributed by atoms with Crippen molar-refractivity contribution in [1.82, 2.24) is 5.43 Å². The second-order valence-electron chi connectivity index (χ2n) is 7.48. The number of amides is 2. The van der Waals surface area contributed by atoms with Crippen molar-refractivity contribution in [2.75, 3.05) is 22.4 Å². The van der Waals surface area contributed by atoms with E-state index >= 15 is 0 Å². The predicted octanol–water partition coefficient (Wildman–Crippen LogP) is 4.55. The smallest absolute Gasteiger partial charge is 0.260 e. The first-order valence-electron chi connectivity index (χ1n) is 10.3. The first-order valence-corrected chi connectivity index (χ1v) is 12.9. The van der Waals surface area contributed by atoms with E-state index in [1.807, 2.05) is 6.07 Å². The molecule has 0 fully saturated rings. The SMILES string of the molecule is C/C(=N/NC(=O)CN(c1cccc(Cl)c1Cl)S(C)(=O)=O)c1cccc(NC(=O)c2ccccc2)c1. The Morgan fingerprint density at radius 2 is 1.60 bits per heavy atom. The maximum atomic E-state index is 12.5. The summed E-state index contributed by atoms with van der Waals surface area (Å²) in [5, 5.41) is 7.05. The third-order valence-electron chi connectivity index (χ3n) is 4.81. The van der Waals surface area contributed by atoms with Crippen LogP contribution < -0.4 is 15.0 Å². The highest BCUT2D eigenvalue weighted by Gasteiger charge is 2.24. The second-order valence-corrected chi connectivity index (χ2v) is 10.2. The molecule has 2 N–H and O–H groups in total. The number of hydrogen-bond acceptors (Lipinski definition) is 5. The fourth-order valence-corrected chi connectivity index (χ4v) is 4.37. The average Bonchev–Trinajstić information content (AvgIpc) is 2.83. The number of carbonyl (C=O) groups is 2. The van der Waals surface area contributed by atoms with Gasteiger partial charge in [0.1, 0.15) is 6.54 Å². The van der Waals surface area contributed by atoms with Gasteiger partial charge in [0.05, 0.1) is 27.7 Å². The van der Waals surface area contributed by atoms with Crippen molar-refractivity contribution in [1.29, 1.82) is 0 Å². The first kappa shape index (κ1) is 26.2. The summed E-state index contributed by atoms with van der Waals surface area (Å²) in [5.74, 6) is -0.939. The van der Waals surface area contributed by atoms with Crippen LogP contribution in [0.3, 0.4) is 0 Å². The zero-order chi connectivity index (χ0) is 25.6. The molecule has 0 unspecified atom stereocenters. The minimum Gasteiger partial charge on any atom is -0.322 e. The van der Waals surface area contributed by atoms with Crippen LogP contribution in [0.2, 0.25) is 10.0 Å². The molecule has 0 aliphatic carbocycles. The minimum atomic E-state index is -3.84. The number of anilines is 2. The summed E-state index contributed by atoms with van der Waals surface area (Å²) in [7, 11) is -3.84. The molecule has 0 atom stereocenters. The summed E-state index contributed by atoms with van der Waals surface area (Å²) in [4.78, 5) is 24.9.